The van der Waals surface area contributed by atoms with Gasteiger partial charge in [0.1, 0.15) is 24.4 Å². The van der Waals surface area contributed by atoms with Gasteiger partial charge in [-0.05, 0) is 32.1 Å². The lowest BCUT2D eigenvalue weighted by Gasteiger charge is -2.40. The summed E-state index contributed by atoms with van der Waals surface area (Å²) in [5, 5.41) is 54.3. The molecule has 1 rings (SSSR count). The fourth-order valence-electron chi connectivity index (χ4n) is 8.17. The Hall–Kier alpha value is -1.33. The smallest absolute Gasteiger partial charge is 0.220 e. The van der Waals surface area contributed by atoms with E-state index in [-0.39, 0.29) is 12.5 Å². The molecule has 0 aromatic carbocycles. The molecule has 1 amide bonds. The maximum atomic E-state index is 13.0. The quantitative estimate of drug-likeness (QED) is 0.0262. The lowest BCUT2D eigenvalue weighted by atomic mass is 9.99. The molecule has 1 fully saturated rings. The van der Waals surface area contributed by atoms with E-state index in [1.54, 1.807) is 6.08 Å². The molecule has 6 N–H and O–H groups in total. The van der Waals surface area contributed by atoms with E-state index in [4.69, 9.17) is 9.47 Å². The number of allylic oxidation sites excluding steroid dienone is 3. The molecule has 1 aliphatic rings. The molecule has 7 unspecified atom stereocenters. The van der Waals surface area contributed by atoms with Crippen LogP contribution in [0.5, 0.6) is 0 Å². The van der Waals surface area contributed by atoms with Gasteiger partial charge in [0.15, 0.2) is 6.29 Å². The molecule has 0 aromatic heterocycles. The molecule has 0 aromatic rings. The van der Waals surface area contributed by atoms with Crippen molar-refractivity contribution in [1.29, 1.82) is 0 Å². The van der Waals surface area contributed by atoms with Crippen LogP contribution in [0.3, 0.4) is 0 Å². The van der Waals surface area contributed by atoms with Crippen molar-refractivity contribution < 1.29 is 39.8 Å². The maximum absolute atomic E-state index is 13.0. The fraction of sp³-hybridized carbons (Fsp3) is 0.902. The number of ether oxygens (including phenoxy) is 2. The molecule has 1 aliphatic heterocycles. The number of amides is 1. The lowest BCUT2D eigenvalue weighted by molar-refractivity contribution is -0.302. The van der Waals surface area contributed by atoms with Crippen LogP contribution in [0.1, 0.15) is 239 Å². The Morgan fingerprint density at radius 2 is 0.950 bits per heavy atom. The zero-order valence-electron chi connectivity index (χ0n) is 39.0. The number of nitrogens with one attached hydrogen (secondary N) is 1. The van der Waals surface area contributed by atoms with Gasteiger partial charge in [0.2, 0.25) is 5.91 Å². The Kier molecular flexibility index (Phi) is 39.4. The van der Waals surface area contributed by atoms with E-state index >= 15 is 0 Å². The van der Waals surface area contributed by atoms with E-state index in [1.165, 1.54) is 180 Å². The minimum absolute atomic E-state index is 0.184. The largest absolute Gasteiger partial charge is 0.394 e. The van der Waals surface area contributed by atoms with Crippen LogP contribution in [0.2, 0.25) is 0 Å². The number of hydrogen-bond acceptors (Lipinski definition) is 8. The summed E-state index contributed by atoms with van der Waals surface area (Å²) >= 11 is 0. The van der Waals surface area contributed by atoms with Gasteiger partial charge in [0, 0.05) is 6.42 Å². The van der Waals surface area contributed by atoms with Crippen molar-refractivity contribution in [2.75, 3.05) is 13.2 Å². The lowest BCUT2D eigenvalue weighted by Crippen LogP contribution is -2.60. The monoisotopic (exact) mass is 852 g/mol. The molecule has 0 saturated carbocycles. The standard InChI is InChI=1S/C51H97NO8/c1-3-5-7-9-11-13-15-17-19-20-21-22-23-24-25-26-27-28-30-32-34-36-38-40-45(54)44(43-59-51-50(58)49(57)48(56)46(42-53)60-51)52-47(55)41-39-37-35-33-31-29-18-16-14-12-10-8-6-4-2/h30,32,38,40,44-46,48-51,53-54,56-58H,3-29,31,33-37,39,41-43H2,1-2H3,(H,52,55)/b32-30+,40-38+. The minimum Gasteiger partial charge on any atom is -0.394 e. The van der Waals surface area contributed by atoms with Crippen molar-refractivity contribution >= 4 is 5.91 Å². The molecule has 1 saturated heterocycles. The average Bonchev–Trinajstić information content (AvgIpc) is 3.25. The summed E-state index contributed by atoms with van der Waals surface area (Å²) in [5.41, 5.74) is 0. The van der Waals surface area contributed by atoms with Crippen molar-refractivity contribution in [3.63, 3.8) is 0 Å². The van der Waals surface area contributed by atoms with Crippen molar-refractivity contribution in [2.45, 2.75) is 281 Å². The molecule has 0 spiro atoms. The topological polar surface area (TPSA) is 149 Å². The number of aliphatic hydroxyl groups is 5. The van der Waals surface area contributed by atoms with Gasteiger partial charge in [-0.15, -0.1) is 0 Å². The number of unbranched alkanes of at least 4 members (excludes halogenated alkanes) is 31. The first kappa shape index (κ1) is 56.7. The van der Waals surface area contributed by atoms with E-state index in [2.05, 4.69) is 31.3 Å². The SMILES string of the molecule is CCCCCCCCCCCCCCCCCCC/C=C/CC/C=C/C(O)C(COC1OC(CO)C(O)C(O)C1O)NC(=O)CCCCCCCCCCCCCCCC. The summed E-state index contributed by atoms with van der Waals surface area (Å²) in [7, 11) is 0. The summed E-state index contributed by atoms with van der Waals surface area (Å²) in [6, 6.07) is -0.817. The van der Waals surface area contributed by atoms with Crippen LogP contribution < -0.4 is 5.32 Å². The second-order valence-electron chi connectivity index (χ2n) is 18.0. The minimum atomic E-state index is -1.57. The molecule has 0 bridgehead atoms. The maximum Gasteiger partial charge on any atom is 0.220 e. The van der Waals surface area contributed by atoms with Crippen molar-refractivity contribution in [3.8, 4) is 0 Å². The second kappa shape index (κ2) is 41.7. The van der Waals surface area contributed by atoms with Gasteiger partial charge >= 0.3 is 0 Å². The normalized spacial score (nSPS) is 20.7. The predicted octanol–water partition coefficient (Wildman–Crippen LogP) is 11.5. The molecule has 0 aliphatic carbocycles. The molecule has 7 atom stereocenters. The summed E-state index contributed by atoms with van der Waals surface area (Å²) in [6.45, 7) is 3.78. The molecule has 9 heteroatoms. The zero-order chi connectivity index (χ0) is 43.7. The van der Waals surface area contributed by atoms with E-state index in [0.29, 0.717) is 6.42 Å². The van der Waals surface area contributed by atoms with Crippen LogP contribution in [0, 0.1) is 0 Å². The Balaban J connectivity index is 2.30. The number of hydrogen-bond donors (Lipinski definition) is 6. The Morgan fingerprint density at radius 3 is 1.40 bits per heavy atom. The number of carbonyl (C=O) groups excluding carboxylic acids is 1. The molecule has 9 nitrogen and oxygen atoms in total. The molecular formula is C51H97NO8. The molecule has 354 valence electrons. The third-order valence-corrected chi connectivity index (χ3v) is 12.3. The van der Waals surface area contributed by atoms with Crippen LogP contribution in [-0.2, 0) is 14.3 Å². The van der Waals surface area contributed by atoms with Gasteiger partial charge < -0.3 is 40.3 Å². The van der Waals surface area contributed by atoms with Gasteiger partial charge in [-0.2, -0.15) is 0 Å². The first-order valence-electron chi connectivity index (χ1n) is 25.6. The Labute approximate surface area is 369 Å². The van der Waals surface area contributed by atoms with E-state index in [0.717, 1.165) is 38.5 Å². The van der Waals surface area contributed by atoms with Crippen LogP contribution in [0.15, 0.2) is 24.3 Å². The highest BCUT2D eigenvalue weighted by Gasteiger charge is 2.44. The highest BCUT2D eigenvalue weighted by molar-refractivity contribution is 5.76. The number of aliphatic hydroxyl groups excluding tert-OH is 5. The highest BCUT2D eigenvalue weighted by atomic mass is 16.7. The van der Waals surface area contributed by atoms with Crippen molar-refractivity contribution in [1.82, 2.24) is 5.32 Å². The van der Waals surface area contributed by atoms with Gasteiger partial charge in [0.05, 0.1) is 25.4 Å². The van der Waals surface area contributed by atoms with E-state index in [9.17, 15) is 30.3 Å². The summed E-state index contributed by atoms with van der Waals surface area (Å²) < 4.78 is 11.2. The molecule has 1 heterocycles. The highest BCUT2D eigenvalue weighted by Crippen LogP contribution is 2.23. The summed E-state index contributed by atoms with van der Waals surface area (Å²) in [6.07, 6.45) is 43.8. The van der Waals surface area contributed by atoms with E-state index in [1.807, 2.05) is 6.08 Å². The molecular weight excluding hydrogens is 755 g/mol. The first-order chi connectivity index (χ1) is 29.3. The van der Waals surface area contributed by atoms with Gasteiger partial charge in [-0.25, -0.2) is 0 Å². The number of carbonyl (C=O) groups is 1. The van der Waals surface area contributed by atoms with Crippen LogP contribution in [0.4, 0.5) is 0 Å². The first-order valence-corrected chi connectivity index (χ1v) is 25.6. The van der Waals surface area contributed by atoms with Crippen LogP contribution in [-0.4, -0.2) is 87.5 Å². The van der Waals surface area contributed by atoms with Gasteiger partial charge in [-0.3, -0.25) is 4.79 Å². The summed E-state index contributed by atoms with van der Waals surface area (Å²) in [4.78, 5) is 13.0. The van der Waals surface area contributed by atoms with Crippen molar-refractivity contribution in [3.05, 3.63) is 24.3 Å². The van der Waals surface area contributed by atoms with Gasteiger partial charge in [-0.1, -0.05) is 224 Å². The third-order valence-electron chi connectivity index (χ3n) is 12.3. The average molecular weight is 852 g/mol. The third kappa shape index (κ3) is 31.5. The number of rotatable bonds is 43. The van der Waals surface area contributed by atoms with Crippen LogP contribution >= 0.6 is 0 Å². The zero-order valence-corrected chi connectivity index (χ0v) is 39.0. The van der Waals surface area contributed by atoms with Crippen molar-refractivity contribution in [2.24, 2.45) is 0 Å². The fourth-order valence-corrected chi connectivity index (χ4v) is 8.17. The Bertz CT molecular complexity index is 992. The molecule has 0 radical (unpaired) electrons. The second-order valence-corrected chi connectivity index (χ2v) is 18.0. The predicted molar refractivity (Wildman–Crippen MR) is 249 cm³/mol. The van der Waals surface area contributed by atoms with Crippen LogP contribution in [0.25, 0.3) is 0 Å². The molecule has 60 heavy (non-hydrogen) atoms. The van der Waals surface area contributed by atoms with Gasteiger partial charge in [0.25, 0.3) is 0 Å². The summed E-state index contributed by atoms with van der Waals surface area (Å²) in [5.74, 6) is -0.184. The Morgan fingerprint density at radius 1 is 0.550 bits per heavy atom. The van der Waals surface area contributed by atoms with E-state index < -0.39 is 49.5 Å².